The van der Waals surface area contributed by atoms with Gasteiger partial charge in [0.25, 0.3) is 0 Å². The molecule has 0 aromatic carbocycles. The van der Waals surface area contributed by atoms with Gasteiger partial charge in [-0.05, 0) is 52.4 Å². The van der Waals surface area contributed by atoms with E-state index >= 15 is 0 Å². The van der Waals surface area contributed by atoms with Crippen molar-refractivity contribution in [1.29, 1.82) is 0 Å². The maximum atomic E-state index is 12.8. The first-order valence-electron chi connectivity index (χ1n) is 8.05. The second kappa shape index (κ2) is 12.3. The number of methoxy groups -OCH3 is 1. The van der Waals surface area contributed by atoms with Gasteiger partial charge in [0.2, 0.25) is 5.91 Å². The van der Waals surface area contributed by atoms with E-state index in [0.717, 1.165) is 38.9 Å². The molecule has 7 heteroatoms. The van der Waals surface area contributed by atoms with Gasteiger partial charge in [-0.2, -0.15) is 0 Å². The zero-order valence-corrected chi connectivity index (χ0v) is 16.8. The lowest BCUT2D eigenvalue weighted by molar-refractivity contribution is -0.137. The summed E-state index contributed by atoms with van der Waals surface area (Å²) in [6, 6.07) is 0.205. The Kier molecular flexibility index (Phi) is 13.5. The number of piperidine rings is 1. The molecule has 1 rings (SSSR count). The van der Waals surface area contributed by atoms with Crippen LogP contribution in [0.3, 0.4) is 0 Å². The van der Waals surface area contributed by atoms with Crippen LogP contribution < -0.4 is 10.6 Å². The first kappa shape index (κ1) is 25.2. The topological polar surface area (TPSA) is 53.6 Å². The van der Waals surface area contributed by atoms with Crippen LogP contribution in [0.4, 0.5) is 0 Å². The number of carbonyl (C=O) groups excluding carboxylic acids is 1. The lowest BCUT2D eigenvalue weighted by Crippen LogP contribution is -2.54. The van der Waals surface area contributed by atoms with E-state index in [1.807, 2.05) is 0 Å². The summed E-state index contributed by atoms with van der Waals surface area (Å²) in [6.07, 6.45) is 2.71. The molecule has 0 saturated carbocycles. The smallest absolute Gasteiger partial charge is 0.228 e. The average molecular weight is 372 g/mol. The van der Waals surface area contributed by atoms with Crippen LogP contribution in [-0.2, 0) is 9.53 Å². The Bertz CT molecular complexity index is 307. The average Bonchev–Trinajstić information content (AvgIpc) is 2.38. The van der Waals surface area contributed by atoms with Gasteiger partial charge in [0.15, 0.2) is 0 Å². The van der Waals surface area contributed by atoms with Crippen LogP contribution >= 0.6 is 24.8 Å². The molecule has 0 aromatic rings. The fourth-order valence-electron chi connectivity index (χ4n) is 3.15. The molecule has 1 aliphatic heterocycles. The number of amides is 1. The van der Waals surface area contributed by atoms with Gasteiger partial charge >= 0.3 is 0 Å². The molecule has 1 fully saturated rings. The van der Waals surface area contributed by atoms with Crippen LogP contribution in [-0.4, -0.2) is 64.3 Å². The molecule has 1 amide bonds. The summed E-state index contributed by atoms with van der Waals surface area (Å²) in [6.45, 7) is 7.56. The van der Waals surface area contributed by atoms with Gasteiger partial charge in [0.05, 0.1) is 12.0 Å². The molecular formula is C16H35Cl2N3O2. The molecule has 1 aliphatic rings. The first-order chi connectivity index (χ1) is 9.89. The Labute approximate surface area is 154 Å². The SMILES string of the molecule is COCC1(C(=O)NC(CC(C)C)CN(C)C)CCNCC1.Cl.Cl. The van der Waals surface area contributed by atoms with E-state index < -0.39 is 0 Å². The highest BCUT2D eigenvalue weighted by molar-refractivity contribution is 5.85. The van der Waals surface area contributed by atoms with Gasteiger partial charge in [-0.15, -0.1) is 24.8 Å². The number of halogens is 2. The molecule has 5 nitrogen and oxygen atoms in total. The fourth-order valence-corrected chi connectivity index (χ4v) is 3.15. The minimum Gasteiger partial charge on any atom is -0.384 e. The van der Waals surface area contributed by atoms with E-state index in [0.29, 0.717) is 12.5 Å². The van der Waals surface area contributed by atoms with Gasteiger partial charge in [-0.3, -0.25) is 4.79 Å². The summed E-state index contributed by atoms with van der Waals surface area (Å²) in [5.41, 5.74) is -0.360. The molecule has 0 aliphatic carbocycles. The van der Waals surface area contributed by atoms with Crippen LogP contribution in [0.5, 0.6) is 0 Å². The van der Waals surface area contributed by atoms with Crippen LogP contribution in [0.15, 0.2) is 0 Å². The van der Waals surface area contributed by atoms with Gasteiger partial charge in [-0.25, -0.2) is 0 Å². The van der Waals surface area contributed by atoms with Gasteiger partial charge in [0, 0.05) is 19.7 Å². The highest BCUT2D eigenvalue weighted by atomic mass is 35.5. The van der Waals surface area contributed by atoms with E-state index in [1.54, 1.807) is 7.11 Å². The Morgan fingerprint density at radius 3 is 2.26 bits per heavy atom. The second-order valence-electron chi connectivity index (χ2n) is 7.03. The first-order valence-corrected chi connectivity index (χ1v) is 8.05. The van der Waals surface area contributed by atoms with E-state index in [9.17, 15) is 4.79 Å². The molecule has 0 bridgehead atoms. The van der Waals surface area contributed by atoms with Crippen molar-refractivity contribution >= 4 is 30.7 Å². The normalized spacial score (nSPS) is 18.0. The maximum Gasteiger partial charge on any atom is 0.228 e. The molecule has 1 unspecified atom stereocenters. The van der Waals surface area contributed by atoms with E-state index in [2.05, 4.69) is 43.5 Å². The van der Waals surface area contributed by atoms with Crippen molar-refractivity contribution < 1.29 is 9.53 Å². The Morgan fingerprint density at radius 2 is 1.83 bits per heavy atom. The molecule has 0 aromatic heterocycles. The van der Waals surface area contributed by atoms with Crippen molar-refractivity contribution in [2.45, 2.75) is 39.2 Å². The minimum absolute atomic E-state index is 0. The molecule has 1 atom stereocenters. The quantitative estimate of drug-likeness (QED) is 0.684. The van der Waals surface area contributed by atoms with Crippen molar-refractivity contribution in [3.8, 4) is 0 Å². The Balaban J connectivity index is 0. The van der Waals surface area contributed by atoms with Crippen molar-refractivity contribution in [1.82, 2.24) is 15.5 Å². The summed E-state index contributed by atoms with van der Waals surface area (Å²) in [5, 5.41) is 6.61. The zero-order valence-electron chi connectivity index (χ0n) is 15.2. The zero-order chi connectivity index (χ0) is 15.9. The van der Waals surface area contributed by atoms with Crippen molar-refractivity contribution in [2.24, 2.45) is 11.3 Å². The second-order valence-corrected chi connectivity index (χ2v) is 7.03. The molecular weight excluding hydrogens is 337 g/mol. The number of hydrogen-bond acceptors (Lipinski definition) is 4. The molecule has 140 valence electrons. The van der Waals surface area contributed by atoms with E-state index in [4.69, 9.17) is 4.74 Å². The van der Waals surface area contributed by atoms with E-state index in [1.165, 1.54) is 0 Å². The van der Waals surface area contributed by atoms with Crippen LogP contribution in [0.2, 0.25) is 0 Å². The highest BCUT2D eigenvalue weighted by Gasteiger charge is 2.40. The number of nitrogens with one attached hydrogen (secondary N) is 2. The van der Waals surface area contributed by atoms with Crippen LogP contribution in [0.1, 0.15) is 33.1 Å². The Hall–Kier alpha value is -0.0700. The summed E-state index contributed by atoms with van der Waals surface area (Å²) < 4.78 is 5.35. The number of rotatable bonds is 8. The largest absolute Gasteiger partial charge is 0.384 e. The maximum absolute atomic E-state index is 12.8. The summed E-state index contributed by atoms with van der Waals surface area (Å²) in [7, 11) is 5.78. The molecule has 0 spiro atoms. The molecule has 2 N–H and O–H groups in total. The molecule has 1 saturated heterocycles. The molecule has 0 radical (unpaired) electrons. The molecule has 23 heavy (non-hydrogen) atoms. The molecule has 1 heterocycles. The van der Waals surface area contributed by atoms with Crippen LogP contribution in [0, 0.1) is 11.3 Å². The fraction of sp³-hybridized carbons (Fsp3) is 0.938. The Morgan fingerprint density at radius 1 is 1.26 bits per heavy atom. The van der Waals surface area contributed by atoms with Crippen molar-refractivity contribution in [3.05, 3.63) is 0 Å². The summed E-state index contributed by atoms with van der Waals surface area (Å²) >= 11 is 0. The van der Waals surface area contributed by atoms with Crippen LogP contribution in [0.25, 0.3) is 0 Å². The summed E-state index contributed by atoms with van der Waals surface area (Å²) in [5.74, 6) is 0.736. The highest BCUT2D eigenvalue weighted by Crippen LogP contribution is 2.29. The van der Waals surface area contributed by atoms with Gasteiger partial charge < -0.3 is 20.3 Å². The van der Waals surface area contributed by atoms with Gasteiger partial charge in [-0.1, -0.05) is 13.8 Å². The van der Waals surface area contributed by atoms with Gasteiger partial charge in [0.1, 0.15) is 0 Å². The number of nitrogens with zero attached hydrogens (tertiary/aromatic N) is 1. The third-order valence-corrected chi connectivity index (χ3v) is 4.14. The predicted molar refractivity (Wildman–Crippen MR) is 101 cm³/mol. The third kappa shape index (κ3) is 8.54. The predicted octanol–water partition coefficient (Wildman–Crippen LogP) is 1.94. The minimum atomic E-state index is -0.360. The summed E-state index contributed by atoms with van der Waals surface area (Å²) in [4.78, 5) is 15.0. The number of ether oxygens (including phenoxy) is 1. The van der Waals surface area contributed by atoms with Crippen molar-refractivity contribution in [3.63, 3.8) is 0 Å². The standard InChI is InChI=1S/C16H33N3O2.2ClH/c1-13(2)10-14(11-19(3)4)18-15(20)16(12-21-5)6-8-17-9-7-16;;/h13-14,17H,6-12H2,1-5H3,(H,18,20);2*1H. The third-order valence-electron chi connectivity index (χ3n) is 4.14. The number of likely N-dealkylation sites (N-methyl/N-ethyl adjacent to an activating group) is 1. The number of hydrogen-bond donors (Lipinski definition) is 2. The van der Waals surface area contributed by atoms with Crippen molar-refractivity contribution in [2.75, 3.05) is 47.4 Å². The lowest BCUT2D eigenvalue weighted by Gasteiger charge is -2.37. The lowest BCUT2D eigenvalue weighted by atomic mass is 9.78. The van der Waals surface area contributed by atoms with E-state index in [-0.39, 0.29) is 42.2 Å². The monoisotopic (exact) mass is 371 g/mol. The number of carbonyl (C=O) groups is 1.